The highest BCUT2D eigenvalue weighted by molar-refractivity contribution is 7.09. The van der Waals surface area contributed by atoms with Gasteiger partial charge in [0.2, 0.25) is 5.91 Å². The number of nitrogens with one attached hydrogen (secondary N) is 1. The van der Waals surface area contributed by atoms with E-state index in [2.05, 4.69) is 10.3 Å². The Morgan fingerprint density at radius 2 is 1.91 bits per heavy atom. The summed E-state index contributed by atoms with van der Waals surface area (Å²) in [5.74, 6) is 3.13. The minimum atomic E-state index is 0.134. The lowest BCUT2D eigenvalue weighted by Gasteiger charge is -2.57. The standard InChI is InChI=1S/C18H26N2OS/c1-12-20-16(11-22-12)7-17(21)19-3-2-18-8-13-4-14(9-18)6-15(5-13)10-18/h11,13-15H,2-10H2,1H3,(H,19,21). The molecule has 4 saturated carbocycles. The molecule has 4 aliphatic rings. The fraction of sp³-hybridized carbons (Fsp3) is 0.778. The van der Waals surface area contributed by atoms with E-state index in [1.807, 2.05) is 12.3 Å². The normalized spacial score (nSPS) is 35.8. The van der Waals surface area contributed by atoms with Gasteiger partial charge in [-0.2, -0.15) is 0 Å². The van der Waals surface area contributed by atoms with Gasteiger partial charge < -0.3 is 5.32 Å². The van der Waals surface area contributed by atoms with Gasteiger partial charge in [0.15, 0.2) is 0 Å². The summed E-state index contributed by atoms with van der Waals surface area (Å²) in [7, 11) is 0. The fourth-order valence-corrected chi connectivity index (χ4v) is 6.39. The first-order valence-corrected chi connectivity index (χ1v) is 9.66. The van der Waals surface area contributed by atoms with Gasteiger partial charge in [-0.25, -0.2) is 4.98 Å². The molecule has 4 aliphatic carbocycles. The summed E-state index contributed by atoms with van der Waals surface area (Å²) in [4.78, 5) is 16.4. The summed E-state index contributed by atoms with van der Waals surface area (Å²) >= 11 is 1.62. The van der Waals surface area contributed by atoms with Gasteiger partial charge in [-0.1, -0.05) is 0 Å². The molecular formula is C18H26N2OS. The molecule has 0 spiro atoms. The summed E-state index contributed by atoms with van der Waals surface area (Å²) in [5, 5.41) is 6.17. The van der Waals surface area contributed by atoms with E-state index in [1.165, 1.54) is 44.9 Å². The van der Waals surface area contributed by atoms with Crippen LogP contribution in [0.15, 0.2) is 5.38 Å². The van der Waals surface area contributed by atoms with Crippen molar-refractivity contribution >= 4 is 17.2 Å². The average molecular weight is 318 g/mol. The van der Waals surface area contributed by atoms with E-state index in [9.17, 15) is 4.79 Å². The van der Waals surface area contributed by atoms with Crippen molar-refractivity contribution in [3.8, 4) is 0 Å². The van der Waals surface area contributed by atoms with Gasteiger partial charge in [-0.15, -0.1) is 11.3 Å². The van der Waals surface area contributed by atoms with E-state index in [0.29, 0.717) is 11.8 Å². The molecule has 0 aromatic carbocycles. The van der Waals surface area contributed by atoms with Gasteiger partial charge >= 0.3 is 0 Å². The maximum absolute atomic E-state index is 12.1. The van der Waals surface area contributed by atoms with Crippen LogP contribution < -0.4 is 5.32 Å². The Morgan fingerprint density at radius 1 is 1.27 bits per heavy atom. The Morgan fingerprint density at radius 3 is 2.45 bits per heavy atom. The molecule has 1 N–H and O–H groups in total. The quantitative estimate of drug-likeness (QED) is 0.899. The molecule has 4 fully saturated rings. The molecular weight excluding hydrogens is 292 g/mol. The van der Waals surface area contributed by atoms with Crippen molar-refractivity contribution in [1.82, 2.24) is 10.3 Å². The lowest BCUT2D eigenvalue weighted by molar-refractivity contribution is -0.120. The van der Waals surface area contributed by atoms with Gasteiger partial charge in [-0.05, 0) is 75.0 Å². The molecule has 1 aromatic rings. The summed E-state index contributed by atoms with van der Waals surface area (Å²) in [6.45, 7) is 2.84. The monoisotopic (exact) mass is 318 g/mol. The van der Waals surface area contributed by atoms with Crippen LogP contribution in [0.4, 0.5) is 0 Å². The molecule has 1 heterocycles. The average Bonchev–Trinajstić information content (AvgIpc) is 2.82. The largest absolute Gasteiger partial charge is 0.356 e. The molecule has 0 unspecified atom stereocenters. The number of aromatic nitrogens is 1. The van der Waals surface area contributed by atoms with Crippen LogP contribution in [0.1, 0.15) is 55.6 Å². The number of amides is 1. The molecule has 0 saturated heterocycles. The Balaban J connectivity index is 1.27. The van der Waals surface area contributed by atoms with Crippen LogP contribution in [0, 0.1) is 30.1 Å². The van der Waals surface area contributed by atoms with Crippen molar-refractivity contribution in [3.63, 3.8) is 0 Å². The Bertz CT molecular complexity index is 530. The number of carbonyl (C=O) groups excluding carboxylic acids is 1. The zero-order chi connectivity index (χ0) is 15.2. The summed E-state index contributed by atoms with van der Waals surface area (Å²) in [5.41, 5.74) is 1.48. The van der Waals surface area contributed by atoms with E-state index in [0.717, 1.165) is 35.0 Å². The first-order valence-electron chi connectivity index (χ1n) is 8.78. The van der Waals surface area contributed by atoms with Crippen LogP contribution in [-0.4, -0.2) is 17.4 Å². The van der Waals surface area contributed by atoms with Crippen molar-refractivity contribution in [2.75, 3.05) is 6.54 Å². The predicted octanol–water partition coefficient (Wildman–Crippen LogP) is 3.72. The van der Waals surface area contributed by atoms with Gasteiger partial charge in [0, 0.05) is 11.9 Å². The molecule has 0 aliphatic heterocycles. The molecule has 0 atom stereocenters. The van der Waals surface area contributed by atoms with Crippen LogP contribution in [0.25, 0.3) is 0 Å². The molecule has 22 heavy (non-hydrogen) atoms. The molecule has 0 radical (unpaired) electrons. The van der Waals surface area contributed by atoms with Crippen LogP contribution >= 0.6 is 11.3 Å². The maximum Gasteiger partial charge on any atom is 0.226 e. The Kier molecular flexibility index (Phi) is 3.75. The highest BCUT2D eigenvalue weighted by atomic mass is 32.1. The van der Waals surface area contributed by atoms with Crippen molar-refractivity contribution in [2.45, 2.75) is 58.3 Å². The van der Waals surface area contributed by atoms with Crippen LogP contribution in [0.3, 0.4) is 0 Å². The second-order valence-electron chi connectivity index (χ2n) is 8.05. The molecule has 5 rings (SSSR count). The fourth-order valence-electron chi connectivity index (χ4n) is 5.78. The minimum absolute atomic E-state index is 0.134. The lowest BCUT2D eigenvalue weighted by Crippen LogP contribution is -2.47. The van der Waals surface area contributed by atoms with Crippen LogP contribution in [0.2, 0.25) is 0 Å². The zero-order valence-corrected chi connectivity index (χ0v) is 14.3. The number of rotatable bonds is 5. The van der Waals surface area contributed by atoms with Crippen molar-refractivity contribution in [3.05, 3.63) is 16.1 Å². The van der Waals surface area contributed by atoms with Crippen LogP contribution in [-0.2, 0) is 11.2 Å². The lowest BCUT2D eigenvalue weighted by atomic mass is 9.49. The smallest absolute Gasteiger partial charge is 0.226 e. The van der Waals surface area contributed by atoms with E-state index in [1.54, 1.807) is 11.3 Å². The van der Waals surface area contributed by atoms with E-state index in [-0.39, 0.29) is 5.91 Å². The Hall–Kier alpha value is -0.900. The van der Waals surface area contributed by atoms with Crippen molar-refractivity contribution in [1.29, 1.82) is 0 Å². The first kappa shape index (κ1) is 14.7. The second-order valence-corrected chi connectivity index (χ2v) is 9.11. The topological polar surface area (TPSA) is 42.0 Å². The van der Waals surface area contributed by atoms with Crippen molar-refractivity contribution < 1.29 is 4.79 Å². The third kappa shape index (κ3) is 2.94. The number of hydrogen-bond acceptors (Lipinski definition) is 3. The molecule has 1 aromatic heterocycles. The number of thiazole rings is 1. The van der Waals surface area contributed by atoms with Gasteiger partial charge in [0.1, 0.15) is 0 Å². The van der Waals surface area contributed by atoms with Gasteiger partial charge in [0.05, 0.1) is 17.1 Å². The number of aryl methyl sites for hydroxylation is 1. The number of nitrogens with zero attached hydrogens (tertiary/aromatic N) is 1. The number of hydrogen-bond donors (Lipinski definition) is 1. The molecule has 3 nitrogen and oxygen atoms in total. The van der Waals surface area contributed by atoms with E-state index in [4.69, 9.17) is 0 Å². The van der Waals surface area contributed by atoms with E-state index < -0.39 is 0 Å². The van der Waals surface area contributed by atoms with Crippen molar-refractivity contribution in [2.24, 2.45) is 23.2 Å². The third-order valence-corrected chi connectivity index (χ3v) is 6.97. The predicted molar refractivity (Wildman–Crippen MR) is 88.8 cm³/mol. The summed E-state index contributed by atoms with van der Waals surface area (Å²) in [6, 6.07) is 0. The maximum atomic E-state index is 12.1. The minimum Gasteiger partial charge on any atom is -0.356 e. The first-order chi connectivity index (χ1) is 10.6. The van der Waals surface area contributed by atoms with Crippen LogP contribution in [0.5, 0.6) is 0 Å². The second kappa shape index (κ2) is 5.63. The van der Waals surface area contributed by atoms with Gasteiger partial charge in [-0.3, -0.25) is 4.79 Å². The number of carbonyl (C=O) groups is 1. The SMILES string of the molecule is Cc1nc(CC(=O)NCCC23CC4CC(CC(C4)C2)C3)cs1. The summed E-state index contributed by atoms with van der Waals surface area (Å²) in [6.07, 6.45) is 10.4. The summed E-state index contributed by atoms with van der Waals surface area (Å²) < 4.78 is 0. The zero-order valence-electron chi connectivity index (χ0n) is 13.4. The Labute approximate surface area is 136 Å². The highest BCUT2D eigenvalue weighted by Gasteiger charge is 2.50. The molecule has 1 amide bonds. The highest BCUT2D eigenvalue weighted by Crippen LogP contribution is 2.61. The molecule has 120 valence electrons. The third-order valence-electron chi connectivity index (χ3n) is 6.15. The molecule has 4 bridgehead atoms. The molecule has 4 heteroatoms. The van der Waals surface area contributed by atoms with Gasteiger partial charge in [0.25, 0.3) is 0 Å². The van der Waals surface area contributed by atoms with E-state index >= 15 is 0 Å².